The van der Waals surface area contributed by atoms with Gasteiger partial charge in [0.1, 0.15) is 5.69 Å². The molecule has 1 aromatic rings. The molecule has 82 valence electrons. The van der Waals surface area contributed by atoms with Gasteiger partial charge in [-0.05, 0) is 46.7 Å². The van der Waals surface area contributed by atoms with Crippen LogP contribution in [0.5, 0.6) is 0 Å². The maximum absolute atomic E-state index is 11.6. The molecule has 1 heterocycles. The Hall–Kier alpha value is -0.770. The molecule has 0 aliphatic heterocycles. The van der Waals surface area contributed by atoms with Gasteiger partial charge in [0.15, 0.2) is 0 Å². The lowest BCUT2D eigenvalue weighted by atomic mass is 10.1. The Morgan fingerprint density at radius 2 is 2.47 bits per heavy atom. The molecule has 4 heteroatoms. The lowest BCUT2D eigenvalue weighted by molar-refractivity contribution is 0.0942. The Morgan fingerprint density at radius 1 is 1.73 bits per heavy atom. The number of aromatic amines is 1. The summed E-state index contributed by atoms with van der Waals surface area (Å²) in [4.78, 5) is 14.6. The van der Waals surface area contributed by atoms with E-state index in [0.717, 1.165) is 16.9 Å². The lowest BCUT2D eigenvalue weighted by Gasteiger charge is -2.10. The van der Waals surface area contributed by atoms with Crippen LogP contribution in [0.4, 0.5) is 0 Å². The maximum Gasteiger partial charge on any atom is 0.267 e. The van der Waals surface area contributed by atoms with Crippen LogP contribution in [0.3, 0.4) is 0 Å². The Morgan fingerprint density at radius 3 is 3.00 bits per heavy atom. The van der Waals surface area contributed by atoms with Gasteiger partial charge in [-0.25, -0.2) is 0 Å². The van der Waals surface area contributed by atoms with Gasteiger partial charge in [0.2, 0.25) is 0 Å². The van der Waals surface area contributed by atoms with Crippen LogP contribution in [0, 0.1) is 11.8 Å². The molecular weight excluding hydrogens is 256 g/mol. The number of H-pyrrole nitrogens is 1. The van der Waals surface area contributed by atoms with Crippen LogP contribution >= 0.6 is 15.9 Å². The van der Waals surface area contributed by atoms with Crippen LogP contribution in [-0.2, 0) is 0 Å². The molecule has 1 saturated carbocycles. The van der Waals surface area contributed by atoms with E-state index in [-0.39, 0.29) is 5.91 Å². The van der Waals surface area contributed by atoms with Crippen molar-refractivity contribution in [3.8, 4) is 0 Å². The number of amides is 1. The molecule has 15 heavy (non-hydrogen) atoms. The fourth-order valence-corrected chi connectivity index (χ4v) is 2.02. The predicted octanol–water partition coefficient (Wildman–Crippen LogP) is 2.55. The van der Waals surface area contributed by atoms with Gasteiger partial charge in [0, 0.05) is 17.2 Å². The first-order valence-electron chi connectivity index (χ1n) is 5.29. The number of carbonyl (C=O) groups is 1. The molecule has 1 fully saturated rings. The highest BCUT2D eigenvalue weighted by Gasteiger charge is 2.27. The number of hydrogen-bond acceptors (Lipinski definition) is 1. The molecule has 1 amide bonds. The zero-order valence-electron chi connectivity index (χ0n) is 8.72. The van der Waals surface area contributed by atoms with E-state index in [0.29, 0.717) is 11.6 Å². The molecule has 1 aliphatic carbocycles. The number of nitrogens with one attached hydrogen (secondary N) is 2. The molecule has 2 N–H and O–H groups in total. The van der Waals surface area contributed by atoms with Crippen LogP contribution in [0.15, 0.2) is 16.7 Å². The highest BCUT2D eigenvalue weighted by atomic mass is 79.9. The largest absolute Gasteiger partial charge is 0.356 e. The highest BCUT2D eigenvalue weighted by molar-refractivity contribution is 9.10. The first-order valence-corrected chi connectivity index (χ1v) is 6.08. The zero-order valence-corrected chi connectivity index (χ0v) is 10.3. The van der Waals surface area contributed by atoms with Crippen LogP contribution in [0.25, 0.3) is 0 Å². The summed E-state index contributed by atoms with van der Waals surface area (Å²) in [7, 11) is 0. The summed E-state index contributed by atoms with van der Waals surface area (Å²) < 4.78 is 0.905. The van der Waals surface area contributed by atoms with Crippen LogP contribution in [0.2, 0.25) is 0 Å². The van der Waals surface area contributed by atoms with Crippen molar-refractivity contribution in [1.82, 2.24) is 10.3 Å². The SMILES string of the molecule is CC(CNC(=O)c1cc(Br)c[nH]1)C1CC1. The van der Waals surface area contributed by atoms with E-state index in [4.69, 9.17) is 0 Å². The van der Waals surface area contributed by atoms with Gasteiger partial charge in [-0.3, -0.25) is 4.79 Å². The Kier molecular flexibility index (Phi) is 3.14. The van der Waals surface area contributed by atoms with Crippen molar-refractivity contribution >= 4 is 21.8 Å². The summed E-state index contributed by atoms with van der Waals surface area (Å²) in [5.41, 5.74) is 0.616. The second-order valence-electron chi connectivity index (χ2n) is 4.26. The monoisotopic (exact) mass is 270 g/mol. The summed E-state index contributed by atoms with van der Waals surface area (Å²) in [6.45, 7) is 2.97. The van der Waals surface area contributed by atoms with Crippen molar-refractivity contribution in [3.05, 3.63) is 22.4 Å². The summed E-state index contributed by atoms with van der Waals surface area (Å²) in [6, 6.07) is 1.79. The second-order valence-corrected chi connectivity index (χ2v) is 5.17. The summed E-state index contributed by atoms with van der Waals surface area (Å²) >= 11 is 3.30. The molecule has 1 aliphatic rings. The van der Waals surface area contributed by atoms with Gasteiger partial charge in [0.25, 0.3) is 5.91 Å². The quantitative estimate of drug-likeness (QED) is 0.868. The number of aromatic nitrogens is 1. The molecule has 0 aromatic carbocycles. The number of halogens is 1. The molecule has 0 bridgehead atoms. The van der Waals surface area contributed by atoms with E-state index in [9.17, 15) is 4.79 Å². The Labute approximate surface area is 97.8 Å². The van der Waals surface area contributed by atoms with E-state index in [1.165, 1.54) is 12.8 Å². The molecular formula is C11H15BrN2O. The number of rotatable bonds is 4. The summed E-state index contributed by atoms with van der Waals surface area (Å²) in [5, 5.41) is 2.94. The third kappa shape index (κ3) is 2.84. The van der Waals surface area contributed by atoms with Gasteiger partial charge in [0.05, 0.1) is 0 Å². The summed E-state index contributed by atoms with van der Waals surface area (Å²) in [6.07, 6.45) is 4.41. The standard InChI is InChI=1S/C11H15BrN2O/c1-7(8-2-3-8)5-14-11(15)10-4-9(12)6-13-10/h4,6-8,13H,2-3,5H2,1H3,(H,14,15). The zero-order chi connectivity index (χ0) is 10.8. The fraction of sp³-hybridized carbons (Fsp3) is 0.545. The third-order valence-electron chi connectivity index (χ3n) is 2.90. The number of carbonyl (C=O) groups excluding carboxylic acids is 1. The molecule has 1 atom stereocenters. The third-order valence-corrected chi connectivity index (χ3v) is 3.36. The predicted molar refractivity (Wildman–Crippen MR) is 62.7 cm³/mol. The first kappa shape index (κ1) is 10.7. The van der Waals surface area contributed by atoms with Crippen LogP contribution < -0.4 is 5.32 Å². The van der Waals surface area contributed by atoms with Gasteiger partial charge in [-0.2, -0.15) is 0 Å². The van der Waals surface area contributed by atoms with Gasteiger partial charge in [-0.1, -0.05) is 6.92 Å². The molecule has 0 saturated heterocycles. The maximum atomic E-state index is 11.6. The smallest absolute Gasteiger partial charge is 0.267 e. The van der Waals surface area contributed by atoms with Gasteiger partial charge >= 0.3 is 0 Å². The minimum Gasteiger partial charge on any atom is -0.356 e. The minimum absolute atomic E-state index is 0.0202. The molecule has 1 unspecified atom stereocenters. The van der Waals surface area contributed by atoms with E-state index >= 15 is 0 Å². The topological polar surface area (TPSA) is 44.9 Å². The summed E-state index contributed by atoms with van der Waals surface area (Å²) in [5.74, 6) is 1.42. The van der Waals surface area contributed by atoms with Crippen molar-refractivity contribution in [1.29, 1.82) is 0 Å². The van der Waals surface area contributed by atoms with E-state index in [1.807, 2.05) is 0 Å². The minimum atomic E-state index is -0.0202. The van der Waals surface area contributed by atoms with E-state index in [2.05, 4.69) is 33.2 Å². The molecule has 2 rings (SSSR count). The number of hydrogen-bond donors (Lipinski definition) is 2. The second kappa shape index (κ2) is 4.39. The first-order chi connectivity index (χ1) is 7.16. The molecule has 1 aromatic heterocycles. The molecule has 0 spiro atoms. The van der Waals surface area contributed by atoms with Crippen molar-refractivity contribution in [2.24, 2.45) is 11.8 Å². The van der Waals surface area contributed by atoms with E-state index in [1.54, 1.807) is 12.3 Å². The van der Waals surface area contributed by atoms with Crippen molar-refractivity contribution in [2.45, 2.75) is 19.8 Å². The normalized spacial score (nSPS) is 17.5. The van der Waals surface area contributed by atoms with E-state index < -0.39 is 0 Å². The highest BCUT2D eigenvalue weighted by Crippen LogP contribution is 2.36. The van der Waals surface area contributed by atoms with Crippen LogP contribution in [0.1, 0.15) is 30.3 Å². The molecule has 0 radical (unpaired) electrons. The lowest BCUT2D eigenvalue weighted by Crippen LogP contribution is -2.29. The fourth-order valence-electron chi connectivity index (χ4n) is 1.68. The average molecular weight is 271 g/mol. The van der Waals surface area contributed by atoms with Gasteiger partial charge in [-0.15, -0.1) is 0 Å². The molecule has 3 nitrogen and oxygen atoms in total. The van der Waals surface area contributed by atoms with Crippen molar-refractivity contribution < 1.29 is 4.79 Å². The average Bonchev–Trinajstić information content (AvgIpc) is 2.97. The van der Waals surface area contributed by atoms with Crippen molar-refractivity contribution in [2.75, 3.05) is 6.54 Å². The van der Waals surface area contributed by atoms with Crippen molar-refractivity contribution in [3.63, 3.8) is 0 Å². The Balaban J connectivity index is 1.81. The van der Waals surface area contributed by atoms with Crippen LogP contribution in [-0.4, -0.2) is 17.4 Å². The Bertz CT molecular complexity index is 357. The van der Waals surface area contributed by atoms with Gasteiger partial charge < -0.3 is 10.3 Å².